The molecule has 0 aromatic heterocycles. The molecule has 0 radical (unpaired) electrons. The molecule has 3 nitrogen and oxygen atoms in total. The molecule has 2 aromatic carbocycles. The van der Waals surface area contributed by atoms with Gasteiger partial charge in [0.05, 0.1) is 5.92 Å². The molecule has 29 heavy (non-hydrogen) atoms. The van der Waals surface area contributed by atoms with Crippen molar-refractivity contribution in [2.45, 2.75) is 51.4 Å². The van der Waals surface area contributed by atoms with E-state index in [1.165, 1.54) is 27.8 Å². The van der Waals surface area contributed by atoms with Crippen molar-refractivity contribution < 1.29 is 9.90 Å². The summed E-state index contributed by atoms with van der Waals surface area (Å²) in [5, 5.41) is 9.15. The van der Waals surface area contributed by atoms with Crippen LogP contribution >= 0.6 is 0 Å². The van der Waals surface area contributed by atoms with Crippen molar-refractivity contribution in [3.05, 3.63) is 70.3 Å². The third-order valence-electron chi connectivity index (χ3n) is 6.54. The van der Waals surface area contributed by atoms with Gasteiger partial charge >= 0.3 is 35.5 Å². The van der Waals surface area contributed by atoms with E-state index >= 15 is 0 Å². The Hall–Kier alpha value is -1.13. The summed E-state index contributed by atoms with van der Waals surface area (Å²) >= 11 is 0. The number of likely N-dealkylation sites (tertiary alicyclic amines) is 1. The molecule has 1 aliphatic heterocycles. The number of piperidine rings is 1. The second kappa shape index (κ2) is 10.8. The monoisotopic (exact) mass is 401 g/mol. The number of carboxylic acids is 1. The Morgan fingerprint density at radius 1 is 0.897 bits per heavy atom. The number of rotatable bonds is 5. The fourth-order valence-corrected chi connectivity index (χ4v) is 4.65. The van der Waals surface area contributed by atoms with Crippen LogP contribution in [0.1, 0.15) is 47.1 Å². The Balaban J connectivity index is 0.00000240. The number of aliphatic carboxylic acids is 1. The molecule has 1 saturated heterocycles. The van der Waals surface area contributed by atoms with Crippen molar-refractivity contribution in [3.63, 3.8) is 0 Å². The third kappa shape index (κ3) is 6.18. The summed E-state index contributed by atoms with van der Waals surface area (Å²) in [5.74, 6) is -0.754. The average Bonchev–Trinajstić information content (AvgIpc) is 2.71. The maximum atomic E-state index is 11.1. The van der Waals surface area contributed by atoms with Gasteiger partial charge in [0.25, 0.3) is 0 Å². The molecule has 0 atom stereocenters. The van der Waals surface area contributed by atoms with Gasteiger partial charge in [0.15, 0.2) is 0 Å². The molecular weight excluding hydrogens is 369 g/mol. The normalized spacial score (nSPS) is 17.4. The van der Waals surface area contributed by atoms with Gasteiger partial charge in [-0.2, -0.15) is 0 Å². The zero-order valence-electron chi connectivity index (χ0n) is 16.7. The summed E-state index contributed by atoms with van der Waals surface area (Å²) in [6.07, 6.45) is 8.31. The fraction of sp³-hybridized carbons (Fsp3) is 0.480. The first-order valence-electron chi connectivity index (χ1n) is 10.8. The minimum atomic E-state index is -0.622. The number of hydrogen-bond acceptors (Lipinski definition) is 2. The van der Waals surface area contributed by atoms with Gasteiger partial charge in [0, 0.05) is 0 Å². The van der Waals surface area contributed by atoms with E-state index in [0.717, 1.165) is 71.0 Å². The zero-order chi connectivity index (χ0) is 19.3. The van der Waals surface area contributed by atoms with Crippen LogP contribution in [-0.2, 0) is 36.9 Å². The van der Waals surface area contributed by atoms with Gasteiger partial charge in [-0.1, -0.05) is 42.5 Å². The van der Waals surface area contributed by atoms with E-state index in [1.807, 2.05) is 0 Å². The molecule has 4 bridgehead atoms. The van der Waals surface area contributed by atoms with E-state index in [0.29, 0.717) is 0 Å². The quantitative estimate of drug-likeness (QED) is 0.778. The fourth-order valence-electron chi connectivity index (χ4n) is 4.65. The predicted molar refractivity (Wildman–Crippen MR) is 120 cm³/mol. The van der Waals surface area contributed by atoms with E-state index in [9.17, 15) is 4.79 Å². The molecule has 4 aliphatic carbocycles. The summed E-state index contributed by atoms with van der Waals surface area (Å²) in [6.45, 7) is 2.94. The number of hydrogen-bond donors (Lipinski definition) is 1. The van der Waals surface area contributed by atoms with Gasteiger partial charge in [-0.25, -0.2) is 0 Å². The van der Waals surface area contributed by atoms with Gasteiger partial charge in [-0.3, -0.25) is 4.79 Å². The molecule has 0 unspecified atom stereocenters. The topological polar surface area (TPSA) is 40.5 Å². The van der Waals surface area contributed by atoms with Gasteiger partial charge in [0.1, 0.15) is 0 Å². The summed E-state index contributed by atoms with van der Waals surface area (Å²) in [7, 11) is 0. The molecule has 5 aliphatic rings. The van der Waals surface area contributed by atoms with Crippen molar-refractivity contribution in [2.24, 2.45) is 5.92 Å². The van der Waals surface area contributed by atoms with E-state index in [-0.39, 0.29) is 35.5 Å². The van der Waals surface area contributed by atoms with E-state index in [1.54, 1.807) is 0 Å². The van der Waals surface area contributed by atoms with Gasteiger partial charge in [-0.15, -0.1) is 0 Å². The number of benzene rings is 2. The minimum absolute atomic E-state index is 0. The van der Waals surface area contributed by atoms with Crippen LogP contribution in [0, 0.1) is 5.92 Å². The van der Waals surface area contributed by atoms with Crippen molar-refractivity contribution in [3.8, 4) is 0 Å². The molecule has 1 N–H and O–H groups in total. The molecule has 2 aromatic rings. The molecule has 4 heteroatoms. The molecule has 0 amide bonds. The standard InChI is InChI=1S/C25H31NO2.Na.H/c27-25(28)23-13-16-26(17-14-23)15-1-2-24-18-21-8-7-19-3-5-20(6-4-19)9-11-22(24)12-10-21;;/h3-6,10,12,18,23H,1-2,7-9,11,13-17H2,(H,27,28);;. The number of carbonyl (C=O) groups is 1. The number of nitrogens with zero attached hydrogens (tertiary/aromatic N) is 1. The Morgan fingerprint density at radius 2 is 1.48 bits per heavy atom. The molecule has 150 valence electrons. The second-order valence-corrected chi connectivity index (χ2v) is 8.48. The third-order valence-corrected chi connectivity index (χ3v) is 6.54. The van der Waals surface area contributed by atoms with Crippen LogP contribution in [0.4, 0.5) is 0 Å². The molecule has 7 rings (SSSR count). The van der Waals surface area contributed by atoms with Crippen LogP contribution in [0.2, 0.25) is 0 Å². The summed E-state index contributed by atoms with van der Waals surface area (Å²) in [4.78, 5) is 13.6. The predicted octanol–water partition coefficient (Wildman–Crippen LogP) is 3.65. The van der Waals surface area contributed by atoms with Crippen LogP contribution in [0.5, 0.6) is 0 Å². The van der Waals surface area contributed by atoms with Crippen LogP contribution in [0.25, 0.3) is 0 Å². The van der Waals surface area contributed by atoms with E-state index < -0.39 is 5.97 Å². The molecular formula is C25H32NNaO2. The number of aryl methyl sites for hydroxylation is 5. The van der Waals surface area contributed by atoms with Crippen LogP contribution in [0.15, 0.2) is 42.5 Å². The summed E-state index contributed by atoms with van der Waals surface area (Å²) in [5.41, 5.74) is 7.33. The first-order chi connectivity index (χ1) is 13.7. The van der Waals surface area contributed by atoms with E-state index in [4.69, 9.17) is 5.11 Å². The summed E-state index contributed by atoms with van der Waals surface area (Å²) < 4.78 is 0. The zero-order valence-corrected chi connectivity index (χ0v) is 16.7. The van der Waals surface area contributed by atoms with Crippen LogP contribution in [0.3, 0.4) is 0 Å². The Labute approximate surface area is 196 Å². The summed E-state index contributed by atoms with van der Waals surface area (Å²) in [6, 6.07) is 16.3. The average molecular weight is 402 g/mol. The maximum absolute atomic E-state index is 11.1. The van der Waals surface area contributed by atoms with Crippen LogP contribution < -0.4 is 0 Å². The molecule has 0 spiro atoms. The first kappa shape index (κ1) is 22.6. The Bertz CT molecular complexity index is 810. The van der Waals surface area contributed by atoms with Gasteiger partial charge in [-0.05, 0) is 98.8 Å². The Kier molecular flexibility index (Phi) is 8.37. The first-order valence-corrected chi connectivity index (χ1v) is 10.8. The van der Waals surface area contributed by atoms with Gasteiger partial charge in [0.2, 0.25) is 0 Å². The molecule has 1 heterocycles. The SMILES string of the molecule is O=C(O)C1CCN(CCCc2cc3ccc2CCc2ccc(cc2)CC3)CC1.[NaH]. The molecule has 0 saturated carbocycles. The van der Waals surface area contributed by atoms with Crippen LogP contribution in [-0.4, -0.2) is 65.2 Å². The van der Waals surface area contributed by atoms with Crippen molar-refractivity contribution >= 4 is 35.5 Å². The van der Waals surface area contributed by atoms with Gasteiger partial charge < -0.3 is 10.0 Å². The Morgan fingerprint density at radius 3 is 2.14 bits per heavy atom. The second-order valence-electron chi connectivity index (χ2n) is 8.48. The molecule has 1 fully saturated rings. The van der Waals surface area contributed by atoms with Crippen molar-refractivity contribution in [2.75, 3.05) is 19.6 Å². The van der Waals surface area contributed by atoms with E-state index in [2.05, 4.69) is 47.4 Å². The van der Waals surface area contributed by atoms with Crippen molar-refractivity contribution in [1.29, 1.82) is 0 Å². The van der Waals surface area contributed by atoms with Crippen molar-refractivity contribution in [1.82, 2.24) is 4.90 Å². The number of carboxylic acid groups (broad SMARTS) is 1.